The highest BCUT2D eigenvalue weighted by molar-refractivity contribution is 5.69. The Hall–Kier alpha value is -0.830. The van der Waals surface area contributed by atoms with Crippen LogP contribution in [0.25, 0.3) is 0 Å². The molecule has 0 atom stereocenters. The minimum Gasteiger partial charge on any atom is -0.469 e. The summed E-state index contributed by atoms with van der Waals surface area (Å²) in [5, 5.41) is 0. The normalized spacial score (nSPS) is 10.2. The first-order valence-electron chi connectivity index (χ1n) is 5.14. The third-order valence-electron chi connectivity index (χ3n) is 2.19. The van der Waals surface area contributed by atoms with Crippen molar-refractivity contribution in [3.8, 4) is 0 Å². The first kappa shape index (κ1) is 13.2. The minimum absolute atomic E-state index is 0.132. The van der Waals surface area contributed by atoms with Gasteiger partial charge in [0.1, 0.15) is 0 Å². The molecule has 0 radical (unpaired) electrons. The predicted octanol–water partition coefficient (Wildman–Crippen LogP) is 1.84. The van der Waals surface area contributed by atoms with Crippen LogP contribution in [-0.4, -0.2) is 37.6 Å². The number of ether oxygens (including phenoxy) is 1. The van der Waals surface area contributed by atoms with Gasteiger partial charge in [0.15, 0.2) is 0 Å². The monoisotopic (exact) mass is 199 g/mol. The first-order chi connectivity index (χ1) is 6.74. The maximum absolute atomic E-state index is 10.9. The Morgan fingerprint density at radius 1 is 1.50 bits per heavy atom. The number of carbonyl (C=O) groups is 1. The molecule has 0 rings (SSSR count). The first-order valence-corrected chi connectivity index (χ1v) is 5.14. The molecule has 0 saturated heterocycles. The summed E-state index contributed by atoms with van der Waals surface area (Å²) in [5.74, 6) is -0.132. The second-order valence-corrected chi connectivity index (χ2v) is 3.19. The van der Waals surface area contributed by atoms with Crippen molar-refractivity contribution in [2.75, 3.05) is 26.7 Å². The van der Waals surface area contributed by atoms with Crippen LogP contribution in [-0.2, 0) is 9.53 Å². The predicted molar refractivity (Wildman–Crippen MR) is 58.2 cm³/mol. The van der Waals surface area contributed by atoms with Gasteiger partial charge in [-0.3, -0.25) is 4.79 Å². The zero-order valence-electron chi connectivity index (χ0n) is 9.29. The number of rotatable bonds is 8. The van der Waals surface area contributed by atoms with Crippen LogP contribution in [0.3, 0.4) is 0 Å². The molecule has 0 aromatic rings. The summed E-state index contributed by atoms with van der Waals surface area (Å²) in [7, 11) is 1.43. The van der Waals surface area contributed by atoms with Gasteiger partial charge < -0.3 is 9.64 Å². The second-order valence-electron chi connectivity index (χ2n) is 3.19. The summed E-state index contributed by atoms with van der Waals surface area (Å²) in [4.78, 5) is 13.1. The summed E-state index contributed by atoms with van der Waals surface area (Å²) in [6.45, 7) is 8.58. The quantitative estimate of drug-likeness (QED) is 0.339. The molecule has 0 bridgehead atoms. The highest BCUT2D eigenvalue weighted by Crippen LogP contribution is 1.98. The molecule has 0 unspecified atom stereocenters. The van der Waals surface area contributed by atoms with Crippen LogP contribution in [0.15, 0.2) is 12.7 Å². The molecular formula is C11H21NO2. The van der Waals surface area contributed by atoms with Crippen molar-refractivity contribution < 1.29 is 9.53 Å². The molecule has 0 aliphatic carbocycles. The largest absolute Gasteiger partial charge is 0.469 e. The van der Waals surface area contributed by atoms with Crippen molar-refractivity contribution >= 4 is 5.97 Å². The third kappa shape index (κ3) is 6.66. The number of hydrogen-bond donors (Lipinski definition) is 0. The molecule has 0 amide bonds. The molecule has 3 heteroatoms. The van der Waals surface area contributed by atoms with E-state index < -0.39 is 0 Å². The summed E-state index contributed by atoms with van der Waals surface area (Å²) in [6.07, 6.45) is 4.56. The molecule has 0 N–H and O–H groups in total. The van der Waals surface area contributed by atoms with Crippen LogP contribution in [0.2, 0.25) is 0 Å². The highest BCUT2D eigenvalue weighted by atomic mass is 16.5. The van der Waals surface area contributed by atoms with E-state index in [1.165, 1.54) is 7.11 Å². The molecule has 3 nitrogen and oxygen atoms in total. The Bertz CT molecular complexity index is 169. The van der Waals surface area contributed by atoms with E-state index in [4.69, 9.17) is 0 Å². The van der Waals surface area contributed by atoms with E-state index in [0.717, 1.165) is 32.5 Å². The van der Waals surface area contributed by atoms with Crippen molar-refractivity contribution in [2.24, 2.45) is 0 Å². The Morgan fingerprint density at radius 3 is 2.71 bits per heavy atom. The van der Waals surface area contributed by atoms with E-state index in [0.29, 0.717) is 6.42 Å². The van der Waals surface area contributed by atoms with Crippen molar-refractivity contribution in [2.45, 2.75) is 26.2 Å². The van der Waals surface area contributed by atoms with Gasteiger partial charge in [0.05, 0.1) is 13.5 Å². The fourth-order valence-corrected chi connectivity index (χ4v) is 1.24. The van der Waals surface area contributed by atoms with Gasteiger partial charge in [0, 0.05) is 6.54 Å². The number of hydrogen-bond acceptors (Lipinski definition) is 3. The van der Waals surface area contributed by atoms with Gasteiger partial charge >= 0.3 is 5.97 Å². The van der Waals surface area contributed by atoms with Gasteiger partial charge in [0.25, 0.3) is 0 Å². The maximum Gasteiger partial charge on any atom is 0.306 e. The molecule has 0 aliphatic rings. The van der Waals surface area contributed by atoms with Crippen molar-refractivity contribution in [3.63, 3.8) is 0 Å². The van der Waals surface area contributed by atoms with Crippen LogP contribution < -0.4 is 0 Å². The standard InChI is InChI=1S/C11H21NO2/c1-4-6-7-9-12(5-2)10-8-11(13)14-3/h4H,1,5-10H2,2-3H3. The average molecular weight is 199 g/mol. The maximum atomic E-state index is 10.9. The number of allylic oxidation sites excluding steroid dienone is 1. The molecular weight excluding hydrogens is 178 g/mol. The van der Waals surface area contributed by atoms with Gasteiger partial charge in [0.2, 0.25) is 0 Å². The van der Waals surface area contributed by atoms with Crippen LogP contribution >= 0.6 is 0 Å². The van der Waals surface area contributed by atoms with E-state index in [2.05, 4.69) is 23.1 Å². The van der Waals surface area contributed by atoms with E-state index in [1.54, 1.807) is 0 Å². The van der Waals surface area contributed by atoms with E-state index in [1.807, 2.05) is 6.08 Å². The van der Waals surface area contributed by atoms with Gasteiger partial charge in [-0.15, -0.1) is 6.58 Å². The molecule has 0 fully saturated rings. The molecule has 0 aliphatic heterocycles. The number of nitrogens with zero attached hydrogens (tertiary/aromatic N) is 1. The Morgan fingerprint density at radius 2 is 2.21 bits per heavy atom. The van der Waals surface area contributed by atoms with Gasteiger partial charge in [-0.05, 0) is 25.9 Å². The lowest BCUT2D eigenvalue weighted by molar-refractivity contribution is -0.140. The fourth-order valence-electron chi connectivity index (χ4n) is 1.24. The zero-order valence-corrected chi connectivity index (χ0v) is 9.29. The number of carbonyl (C=O) groups excluding carboxylic acids is 1. The summed E-state index contributed by atoms with van der Waals surface area (Å²) < 4.78 is 4.59. The summed E-state index contributed by atoms with van der Waals surface area (Å²) in [6, 6.07) is 0. The van der Waals surface area contributed by atoms with Crippen molar-refractivity contribution in [1.29, 1.82) is 0 Å². The molecule has 0 saturated carbocycles. The molecule has 0 heterocycles. The topological polar surface area (TPSA) is 29.5 Å². The van der Waals surface area contributed by atoms with Crippen LogP contribution in [0.4, 0.5) is 0 Å². The lowest BCUT2D eigenvalue weighted by Crippen LogP contribution is -2.27. The lowest BCUT2D eigenvalue weighted by Gasteiger charge is -2.18. The van der Waals surface area contributed by atoms with Crippen LogP contribution in [0.1, 0.15) is 26.2 Å². The van der Waals surface area contributed by atoms with E-state index in [9.17, 15) is 4.79 Å². The molecule has 0 aromatic carbocycles. The molecule has 0 spiro atoms. The molecule has 82 valence electrons. The Labute approximate surface area is 86.7 Å². The van der Waals surface area contributed by atoms with E-state index in [-0.39, 0.29) is 5.97 Å². The number of unbranched alkanes of at least 4 members (excludes halogenated alkanes) is 1. The van der Waals surface area contributed by atoms with E-state index >= 15 is 0 Å². The number of methoxy groups -OCH3 is 1. The number of esters is 1. The average Bonchev–Trinajstić information content (AvgIpc) is 2.22. The van der Waals surface area contributed by atoms with Gasteiger partial charge in [-0.1, -0.05) is 13.0 Å². The summed E-state index contributed by atoms with van der Waals surface area (Å²) >= 11 is 0. The smallest absolute Gasteiger partial charge is 0.306 e. The van der Waals surface area contributed by atoms with Crippen LogP contribution in [0, 0.1) is 0 Å². The zero-order chi connectivity index (χ0) is 10.8. The lowest BCUT2D eigenvalue weighted by atomic mass is 10.2. The molecule has 14 heavy (non-hydrogen) atoms. The van der Waals surface area contributed by atoms with Crippen molar-refractivity contribution in [1.82, 2.24) is 4.90 Å². The Kier molecular flexibility index (Phi) is 8.24. The van der Waals surface area contributed by atoms with Gasteiger partial charge in [-0.2, -0.15) is 0 Å². The second kappa shape index (κ2) is 8.75. The third-order valence-corrected chi connectivity index (χ3v) is 2.19. The Balaban J connectivity index is 3.57. The fraction of sp³-hybridized carbons (Fsp3) is 0.727. The highest BCUT2D eigenvalue weighted by Gasteiger charge is 2.05. The van der Waals surface area contributed by atoms with Gasteiger partial charge in [-0.25, -0.2) is 0 Å². The minimum atomic E-state index is -0.132. The summed E-state index contributed by atoms with van der Waals surface area (Å²) in [5.41, 5.74) is 0. The SMILES string of the molecule is C=CCCCN(CC)CCC(=O)OC. The van der Waals surface area contributed by atoms with Crippen LogP contribution in [0.5, 0.6) is 0 Å². The molecule has 0 aromatic heterocycles. The van der Waals surface area contributed by atoms with Crippen molar-refractivity contribution in [3.05, 3.63) is 12.7 Å².